The molecule has 6 nitrogen and oxygen atoms in total. The number of carbonyl (C=O) groups excluding carboxylic acids is 1. The van der Waals surface area contributed by atoms with E-state index in [1.165, 1.54) is 0 Å². The number of rotatable bonds is 9. The number of aliphatic hydroxyl groups excluding tert-OH is 2. The summed E-state index contributed by atoms with van der Waals surface area (Å²) in [4.78, 5) is 11.9. The van der Waals surface area contributed by atoms with Gasteiger partial charge in [0.2, 0.25) is 5.91 Å². The number of hydrogen-bond acceptors (Lipinski definition) is 5. The van der Waals surface area contributed by atoms with Crippen LogP contribution in [0.1, 0.15) is 37.8 Å². The zero-order valence-electron chi connectivity index (χ0n) is 14.2. The first-order chi connectivity index (χ1) is 11.6. The van der Waals surface area contributed by atoms with Gasteiger partial charge in [-0.1, -0.05) is 43.7 Å². The molecule has 0 spiro atoms. The Hall–Kier alpha value is -1.47. The van der Waals surface area contributed by atoms with E-state index in [1.54, 1.807) is 0 Å². The highest BCUT2D eigenvalue weighted by molar-refractivity contribution is 5.75. The minimum absolute atomic E-state index is 0.0384. The monoisotopic (exact) mass is 335 g/mol. The predicted octanol–water partition coefficient (Wildman–Crippen LogP) is 0.317. The van der Waals surface area contributed by atoms with Crippen LogP contribution in [0.15, 0.2) is 30.3 Å². The van der Waals surface area contributed by atoms with Crippen LogP contribution in [0, 0.1) is 0 Å². The minimum atomic E-state index is -0.770. The molecule has 134 valence electrons. The van der Waals surface area contributed by atoms with Crippen molar-refractivity contribution >= 4 is 5.91 Å². The second kappa shape index (κ2) is 9.74. The van der Waals surface area contributed by atoms with Crippen LogP contribution in [0.2, 0.25) is 0 Å². The average Bonchev–Trinajstić information content (AvgIpc) is 2.92. The highest BCUT2D eigenvalue weighted by Crippen LogP contribution is 2.13. The van der Waals surface area contributed by atoms with Crippen molar-refractivity contribution < 1.29 is 15.0 Å². The molecule has 0 aliphatic carbocycles. The zero-order chi connectivity index (χ0) is 17.4. The van der Waals surface area contributed by atoms with Gasteiger partial charge in [-0.05, 0) is 12.0 Å². The Bertz CT molecular complexity index is 498. The lowest BCUT2D eigenvalue weighted by Crippen LogP contribution is -2.45. The van der Waals surface area contributed by atoms with Crippen LogP contribution in [0.4, 0.5) is 0 Å². The van der Waals surface area contributed by atoms with Gasteiger partial charge in [-0.2, -0.15) is 0 Å². The highest BCUT2D eigenvalue weighted by Gasteiger charge is 2.33. The molecule has 1 aliphatic rings. The van der Waals surface area contributed by atoms with Crippen LogP contribution in [0.3, 0.4) is 0 Å². The topological polar surface area (TPSA) is 93.6 Å². The molecule has 0 radical (unpaired) electrons. The van der Waals surface area contributed by atoms with Gasteiger partial charge >= 0.3 is 0 Å². The summed E-state index contributed by atoms with van der Waals surface area (Å²) in [6, 6.07) is 9.70. The quantitative estimate of drug-likeness (QED) is 0.448. The Morgan fingerprint density at radius 1 is 1.33 bits per heavy atom. The molecule has 0 aromatic heterocycles. The largest absolute Gasteiger partial charge is 0.389 e. The van der Waals surface area contributed by atoms with Crippen molar-refractivity contribution in [2.45, 2.75) is 50.5 Å². The molecule has 2 rings (SSSR count). The first kappa shape index (κ1) is 18.9. The Labute approximate surface area is 143 Å². The van der Waals surface area contributed by atoms with Crippen molar-refractivity contribution in [2.24, 2.45) is 0 Å². The average molecular weight is 335 g/mol. The molecule has 0 saturated carbocycles. The maximum absolute atomic E-state index is 11.9. The number of β-amino-alcohol motifs (C(OH)–C–C–N with tert-alkyl or cyclic N) is 1. The standard InChI is InChI=1S/C18H29N3O3/c1-2-3-9-17(23)21-10-14(13-7-5-4-6-8-13)19-11-15-18(24)16(22)12-20-15/h4-8,14-16,18-20,22,24H,2-3,9-12H2,1H3,(H,21,23)/t14-,15+,16-,18+/m0/s1. The second-order valence-corrected chi connectivity index (χ2v) is 6.35. The van der Waals surface area contributed by atoms with Gasteiger partial charge in [-0.3, -0.25) is 4.79 Å². The number of unbranched alkanes of at least 4 members (excludes halogenated alkanes) is 1. The molecule has 1 amide bonds. The lowest BCUT2D eigenvalue weighted by Gasteiger charge is -2.23. The molecule has 1 aromatic carbocycles. The summed E-state index contributed by atoms with van der Waals surface area (Å²) >= 11 is 0. The molecule has 1 saturated heterocycles. The van der Waals surface area contributed by atoms with Crippen molar-refractivity contribution in [3.63, 3.8) is 0 Å². The molecule has 1 aromatic rings. The third-order valence-electron chi connectivity index (χ3n) is 4.44. The van der Waals surface area contributed by atoms with E-state index >= 15 is 0 Å². The van der Waals surface area contributed by atoms with E-state index in [0.29, 0.717) is 26.1 Å². The van der Waals surface area contributed by atoms with E-state index in [1.807, 2.05) is 30.3 Å². The maximum Gasteiger partial charge on any atom is 0.220 e. The molecule has 24 heavy (non-hydrogen) atoms. The number of amides is 1. The molecule has 4 atom stereocenters. The normalized spacial score (nSPS) is 24.7. The van der Waals surface area contributed by atoms with Gasteiger partial charge in [0.15, 0.2) is 0 Å². The number of aliphatic hydroxyl groups is 2. The lowest BCUT2D eigenvalue weighted by atomic mass is 10.1. The van der Waals surface area contributed by atoms with E-state index < -0.39 is 12.2 Å². The van der Waals surface area contributed by atoms with Gasteiger partial charge in [-0.15, -0.1) is 0 Å². The van der Waals surface area contributed by atoms with E-state index in [0.717, 1.165) is 18.4 Å². The Balaban J connectivity index is 1.90. The molecular weight excluding hydrogens is 306 g/mol. The molecule has 0 unspecified atom stereocenters. The molecule has 5 N–H and O–H groups in total. The summed E-state index contributed by atoms with van der Waals surface area (Å²) in [5.74, 6) is 0.0639. The van der Waals surface area contributed by atoms with Crippen LogP contribution in [-0.4, -0.2) is 54.0 Å². The van der Waals surface area contributed by atoms with Crippen LogP contribution < -0.4 is 16.0 Å². The number of nitrogens with one attached hydrogen (secondary N) is 3. The number of carbonyl (C=O) groups is 1. The fourth-order valence-corrected chi connectivity index (χ4v) is 2.88. The van der Waals surface area contributed by atoms with Gasteiger partial charge in [0.25, 0.3) is 0 Å². The summed E-state index contributed by atoms with van der Waals surface area (Å²) in [6.07, 6.45) is 0.952. The summed E-state index contributed by atoms with van der Waals surface area (Å²) in [6.45, 7) is 3.48. The SMILES string of the molecule is CCCCC(=O)NC[C@H](NC[C@H]1NC[C@H](O)[C@@H]1O)c1ccccc1. The van der Waals surface area contributed by atoms with Gasteiger partial charge in [-0.25, -0.2) is 0 Å². The number of hydrogen-bond donors (Lipinski definition) is 5. The highest BCUT2D eigenvalue weighted by atomic mass is 16.3. The second-order valence-electron chi connectivity index (χ2n) is 6.35. The fourth-order valence-electron chi connectivity index (χ4n) is 2.88. The van der Waals surface area contributed by atoms with Crippen molar-refractivity contribution in [1.82, 2.24) is 16.0 Å². The van der Waals surface area contributed by atoms with Crippen LogP contribution >= 0.6 is 0 Å². The summed E-state index contributed by atoms with van der Waals surface area (Å²) in [7, 11) is 0. The Morgan fingerprint density at radius 2 is 2.08 bits per heavy atom. The smallest absolute Gasteiger partial charge is 0.220 e. The maximum atomic E-state index is 11.9. The molecular formula is C18H29N3O3. The van der Waals surface area contributed by atoms with E-state index in [-0.39, 0.29) is 18.0 Å². The first-order valence-electron chi connectivity index (χ1n) is 8.76. The minimum Gasteiger partial charge on any atom is -0.389 e. The van der Waals surface area contributed by atoms with Gasteiger partial charge < -0.3 is 26.2 Å². The molecule has 1 heterocycles. The van der Waals surface area contributed by atoms with Gasteiger partial charge in [0.05, 0.1) is 12.2 Å². The molecule has 6 heteroatoms. The summed E-state index contributed by atoms with van der Waals surface area (Å²) < 4.78 is 0. The Morgan fingerprint density at radius 3 is 2.71 bits per heavy atom. The fraction of sp³-hybridized carbons (Fsp3) is 0.611. The van der Waals surface area contributed by atoms with Gasteiger partial charge in [0.1, 0.15) is 0 Å². The van der Waals surface area contributed by atoms with Crippen molar-refractivity contribution in [3.8, 4) is 0 Å². The summed E-state index contributed by atoms with van der Waals surface area (Å²) in [5, 5.41) is 29.0. The van der Waals surface area contributed by atoms with Crippen molar-refractivity contribution in [3.05, 3.63) is 35.9 Å². The molecule has 1 fully saturated rings. The Kier molecular flexibility index (Phi) is 7.65. The van der Waals surface area contributed by atoms with Crippen LogP contribution in [-0.2, 0) is 4.79 Å². The lowest BCUT2D eigenvalue weighted by molar-refractivity contribution is -0.121. The third kappa shape index (κ3) is 5.56. The third-order valence-corrected chi connectivity index (χ3v) is 4.44. The first-order valence-corrected chi connectivity index (χ1v) is 8.76. The van der Waals surface area contributed by atoms with Crippen LogP contribution in [0.5, 0.6) is 0 Å². The number of benzene rings is 1. The van der Waals surface area contributed by atoms with E-state index in [9.17, 15) is 15.0 Å². The predicted molar refractivity (Wildman–Crippen MR) is 93.5 cm³/mol. The molecule has 0 bridgehead atoms. The summed E-state index contributed by atoms with van der Waals surface area (Å²) in [5.41, 5.74) is 1.08. The van der Waals surface area contributed by atoms with E-state index in [4.69, 9.17) is 0 Å². The van der Waals surface area contributed by atoms with Crippen LogP contribution in [0.25, 0.3) is 0 Å². The van der Waals surface area contributed by atoms with Crippen molar-refractivity contribution in [2.75, 3.05) is 19.6 Å². The van der Waals surface area contributed by atoms with Crippen molar-refractivity contribution in [1.29, 1.82) is 0 Å². The van der Waals surface area contributed by atoms with E-state index in [2.05, 4.69) is 22.9 Å². The molecule has 1 aliphatic heterocycles. The van der Waals surface area contributed by atoms with Gasteiger partial charge in [0, 0.05) is 38.1 Å². The zero-order valence-corrected chi connectivity index (χ0v) is 14.2.